The second-order valence-corrected chi connectivity index (χ2v) is 6.83. The van der Waals surface area contributed by atoms with Crippen LogP contribution in [0.1, 0.15) is 39.9 Å². The summed E-state index contributed by atoms with van der Waals surface area (Å²) >= 11 is 0. The summed E-state index contributed by atoms with van der Waals surface area (Å²) in [4.78, 5) is 28.9. The normalized spacial score (nSPS) is 10.7. The zero-order valence-corrected chi connectivity index (χ0v) is 15.8. The summed E-state index contributed by atoms with van der Waals surface area (Å²) in [6.07, 6.45) is 2.93. The number of nitrogens with one attached hydrogen (secondary N) is 1. The fourth-order valence-corrected chi connectivity index (χ4v) is 3.19. The molecule has 4 heteroatoms. The minimum Gasteiger partial charge on any atom is -0.356 e. The van der Waals surface area contributed by atoms with Crippen LogP contribution in [-0.4, -0.2) is 23.2 Å². The van der Waals surface area contributed by atoms with Crippen molar-refractivity contribution in [2.75, 3.05) is 6.54 Å². The van der Waals surface area contributed by atoms with Crippen LogP contribution >= 0.6 is 0 Å². The standard InChI is InChI=1S/C23H24N2O2/c1-16-8-9-17(2)20(15-16)21(26)10-11-22(27)24-14-12-19-6-3-5-18-7-4-13-25-23(18)19/h3-9,13,15H,10-12,14H2,1-2H3,(H,24,27). The number of nitrogens with zero attached hydrogens (tertiary/aromatic N) is 1. The molecule has 0 aliphatic carbocycles. The van der Waals surface area contributed by atoms with Gasteiger partial charge in [-0.25, -0.2) is 0 Å². The summed E-state index contributed by atoms with van der Waals surface area (Å²) in [6, 6.07) is 15.8. The van der Waals surface area contributed by atoms with Gasteiger partial charge in [0, 0.05) is 36.5 Å². The van der Waals surface area contributed by atoms with E-state index in [4.69, 9.17) is 0 Å². The highest BCUT2D eigenvalue weighted by Gasteiger charge is 2.12. The number of pyridine rings is 1. The number of rotatable bonds is 7. The Morgan fingerprint density at radius 2 is 1.81 bits per heavy atom. The van der Waals surface area contributed by atoms with Crippen molar-refractivity contribution in [3.63, 3.8) is 0 Å². The van der Waals surface area contributed by atoms with Crippen molar-refractivity contribution in [1.29, 1.82) is 0 Å². The maximum Gasteiger partial charge on any atom is 0.220 e. The van der Waals surface area contributed by atoms with E-state index < -0.39 is 0 Å². The molecule has 0 fully saturated rings. The number of carbonyl (C=O) groups excluding carboxylic acids is 2. The summed E-state index contributed by atoms with van der Waals surface area (Å²) in [5, 5.41) is 4.01. The molecule has 2 aromatic carbocycles. The Morgan fingerprint density at radius 1 is 1.00 bits per heavy atom. The molecular formula is C23H24N2O2. The molecule has 0 saturated carbocycles. The Kier molecular flexibility index (Phi) is 5.97. The van der Waals surface area contributed by atoms with Crippen LogP contribution in [0.3, 0.4) is 0 Å². The molecular weight excluding hydrogens is 336 g/mol. The van der Waals surface area contributed by atoms with Gasteiger partial charge < -0.3 is 5.32 Å². The molecule has 1 aromatic heterocycles. The van der Waals surface area contributed by atoms with Crippen molar-refractivity contribution in [2.45, 2.75) is 33.1 Å². The summed E-state index contributed by atoms with van der Waals surface area (Å²) in [6.45, 7) is 4.42. The van der Waals surface area contributed by atoms with Crippen molar-refractivity contribution < 1.29 is 9.59 Å². The predicted molar refractivity (Wildman–Crippen MR) is 108 cm³/mol. The average Bonchev–Trinajstić information content (AvgIpc) is 2.68. The maximum atomic E-state index is 12.4. The van der Waals surface area contributed by atoms with E-state index in [-0.39, 0.29) is 24.5 Å². The number of aromatic nitrogens is 1. The molecule has 0 bridgehead atoms. The third kappa shape index (κ3) is 4.79. The molecule has 27 heavy (non-hydrogen) atoms. The van der Waals surface area contributed by atoms with E-state index >= 15 is 0 Å². The van der Waals surface area contributed by atoms with Gasteiger partial charge in [-0.2, -0.15) is 0 Å². The Morgan fingerprint density at radius 3 is 2.67 bits per heavy atom. The minimum atomic E-state index is -0.0955. The second kappa shape index (κ2) is 8.58. The number of amides is 1. The van der Waals surface area contributed by atoms with Crippen molar-refractivity contribution >= 4 is 22.6 Å². The zero-order valence-electron chi connectivity index (χ0n) is 15.8. The van der Waals surface area contributed by atoms with Gasteiger partial charge in [0.15, 0.2) is 5.78 Å². The SMILES string of the molecule is Cc1ccc(C)c(C(=O)CCC(=O)NCCc2cccc3cccnc23)c1. The van der Waals surface area contributed by atoms with Gasteiger partial charge in [0.1, 0.15) is 0 Å². The lowest BCUT2D eigenvalue weighted by molar-refractivity contribution is -0.121. The van der Waals surface area contributed by atoms with Gasteiger partial charge in [0.05, 0.1) is 5.52 Å². The molecule has 0 spiro atoms. The molecule has 0 saturated heterocycles. The average molecular weight is 360 g/mol. The van der Waals surface area contributed by atoms with Gasteiger partial charge in [-0.05, 0) is 43.5 Å². The molecule has 0 aliphatic heterocycles. The van der Waals surface area contributed by atoms with Crippen LogP contribution in [0.5, 0.6) is 0 Å². The highest BCUT2D eigenvalue weighted by Crippen LogP contribution is 2.16. The highest BCUT2D eigenvalue weighted by atomic mass is 16.2. The topological polar surface area (TPSA) is 59.1 Å². The second-order valence-electron chi connectivity index (χ2n) is 6.83. The van der Waals surface area contributed by atoms with Crippen LogP contribution < -0.4 is 5.32 Å². The number of benzene rings is 2. The molecule has 0 aliphatic rings. The van der Waals surface area contributed by atoms with Crippen LogP contribution in [0.2, 0.25) is 0 Å². The number of fused-ring (bicyclic) bond motifs is 1. The fourth-order valence-electron chi connectivity index (χ4n) is 3.19. The molecule has 0 radical (unpaired) electrons. The Bertz CT molecular complexity index is 974. The first-order valence-corrected chi connectivity index (χ1v) is 9.24. The lowest BCUT2D eigenvalue weighted by atomic mass is 9.99. The third-order valence-corrected chi connectivity index (χ3v) is 4.71. The van der Waals surface area contributed by atoms with E-state index in [0.29, 0.717) is 18.5 Å². The Hall–Kier alpha value is -3.01. The number of hydrogen-bond acceptors (Lipinski definition) is 3. The molecule has 0 unspecified atom stereocenters. The van der Waals surface area contributed by atoms with Crippen molar-refractivity contribution in [3.8, 4) is 0 Å². The van der Waals surface area contributed by atoms with Gasteiger partial charge in [-0.15, -0.1) is 0 Å². The molecule has 1 heterocycles. The largest absolute Gasteiger partial charge is 0.356 e. The number of Topliss-reactive ketones (excluding diaryl/α,β-unsaturated/α-hetero) is 1. The van der Waals surface area contributed by atoms with Crippen molar-refractivity contribution in [1.82, 2.24) is 10.3 Å². The number of para-hydroxylation sites is 1. The molecule has 3 aromatic rings. The van der Waals surface area contributed by atoms with Gasteiger partial charge >= 0.3 is 0 Å². The number of hydrogen-bond donors (Lipinski definition) is 1. The first-order valence-electron chi connectivity index (χ1n) is 9.24. The number of ketones is 1. The quantitative estimate of drug-likeness (QED) is 0.643. The van der Waals surface area contributed by atoms with Gasteiger partial charge in [0.25, 0.3) is 0 Å². The summed E-state index contributed by atoms with van der Waals surface area (Å²) in [5.74, 6) is -0.0774. The monoisotopic (exact) mass is 360 g/mol. The Balaban J connectivity index is 1.50. The molecule has 4 nitrogen and oxygen atoms in total. The van der Waals surface area contributed by atoms with Crippen LogP contribution in [0.15, 0.2) is 54.7 Å². The predicted octanol–water partition coefficient (Wildman–Crippen LogP) is 4.17. The van der Waals surface area contributed by atoms with E-state index in [0.717, 1.165) is 27.6 Å². The minimum absolute atomic E-state index is 0.0182. The summed E-state index contributed by atoms with van der Waals surface area (Å²) in [7, 11) is 0. The lowest BCUT2D eigenvalue weighted by Crippen LogP contribution is -2.26. The molecule has 0 atom stereocenters. The summed E-state index contributed by atoms with van der Waals surface area (Å²) < 4.78 is 0. The van der Waals surface area contributed by atoms with Crippen LogP contribution in [0, 0.1) is 13.8 Å². The molecule has 3 rings (SSSR count). The first kappa shape index (κ1) is 18.8. The van der Waals surface area contributed by atoms with Crippen LogP contribution in [0.25, 0.3) is 10.9 Å². The molecule has 138 valence electrons. The van der Waals surface area contributed by atoms with E-state index in [1.165, 1.54) is 0 Å². The van der Waals surface area contributed by atoms with Crippen molar-refractivity contribution in [2.24, 2.45) is 0 Å². The third-order valence-electron chi connectivity index (χ3n) is 4.71. The van der Waals surface area contributed by atoms with Gasteiger partial charge in [-0.3, -0.25) is 14.6 Å². The zero-order chi connectivity index (χ0) is 19.2. The molecule has 1 amide bonds. The van der Waals surface area contributed by atoms with Gasteiger partial charge in [-0.1, -0.05) is 42.0 Å². The Labute approximate surface area is 159 Å². The summed E-state index contributed by atoms with van der Waals surface area (Å²) in [5.41, 5.74) is 4.80. The first-order chi connectivity index (χ1) is 13.0. The van der Waals surface area contributed by atoms with E-state index in [9.17, 15) is 9.59 Å². The van der Waals surface area contributed by atoms with E-state index in [2.05, 4.69) is 10.3 Å². The maximum absolute atomic E-state index is 12.4. The van der Waals surface area contributed by atoms with Crippen LogP contribution in [-0.2, 0) is 11.2 Å². The highest BCUT2D eigenvalue weighted by molar-refractivity contribution is 5.99. The van der Waals surface area contributed by atoms with Crippen molar-refractivity contribution in [3.05, 3.63) is 77.0 Å². The number of aryl methyl sites for hydroxylation is 2. The van der Waals surface area contributed by atoms with Crippen LogP contribution in [0.4, 0.5) is 0 Å². The van der Waals surface area contributed by atoms with E-state index in [1.807, 2.05) is 62.4 Å². The van der Waals surface area contributed by atoms with E-state index in [1.54, 1.807) is 6.20 Å². The fraction of sp³-hybridized carbons (Fsp3) is 0.261. The van der Waals surface area contributed by atoms with Gasteiger partial charge in [0.2, 0.25) is 5.91 Å². The molecule has 1 N–H and O–H groups in total. The lowest BCUT2D eigenvalue weighted by Gasteiger charge is -2.08. The number of carbonyl (C=O) groups is 2. The smallest absolute Gasteiger partial charge is 0.220 e.